The Morgan fingerprint density at radius 1 is 1.25 bits per heavy atom. The fourth-order valence-electron chi connectivity index (χ4n) is 3.88. The van der Waals surface area contributed by atoms with Gasteiger partial charge in [-0.1, -0.05) is 18.2 Å². The number of H-pyrrole nitrogens is 1. The molecule has 146 valence electrons. The average molecular weight is 381 g/mol. The van der Waals surface area contributed by atoms with Crippen molar-refractivity contribution in [3.63, 3.8) is 0 Å². The van der Waals surface area contributed by atoms with E-state index in [1.165, 1.54) is 5.01 Å². The van der Waals surface area contributed by atoms with Crippen molar-refractivity contribution in [1.29, 1.82) is 0 Å². The van der Waals surface area contributed by atoms with Crippen LogP contribution >= 0.6 is 0 Å². The minimum atomic E-state index is -0.987. The lowest BCUT2D eigenvalue weighted by Crippen LogP contribution is -2.43. The van der Waals surface area contributed by atoms with Gasteiger partial charge in [-0.05, 0) is 38.0 Å². The molecule has 8 nitrogen and oxygen atoms in total. The van der Waals surface area contributed by atoms with Gasteiger partial charge in [0.15, 0.2) is 6.04 Å². The third kappa shape index (κ3) is 3.49. The Morgan fingerprint density at radius 3 is 2.71 bits per heavy atom. The number of aliphatic carboxylic acids is 1. The Kier molecular flexibility index (Phi) is 4.85. The first-order valence-corrected chi connectivity index (χ1v) is 9.48. The number of carboxylic acid groups (broad SMARTS) is 1. The number of amides is 1. The molecule has 28 heavy (non-hydrogen) atoms. The number of nitrogens with one attached hydrogen (secondary N) is 1. The molecule has 1 amide bonds. The average Bonchev–Trinajstić information content (AvgIpc) is 3.35. The standard InChI is InChI=1S/C20H23N5O3/c1-13-10-16(22-21-13)14-6-5-9-24(12-14)19(26)17-11-18(20(27)28)25(23-17)15-7-3-2-4-8-15/h2-4,7-8,10,14,18H,5-6,9,11-12H2,1H3,(H,21,22)(H,27,28). The molecule has 8 heteroatoms. The Hall–Kier alpha value is -3.16. The van der Waals surface area contributed by atoms with Crippen molar-refractivity contribution < 1.29 is 14.7 Å². The molecule has 2 aliphatic heterocycles. The van der Waals surface area contributed by atoms with Crippen molar-refractivity contribution in [2.24, 2.45) is 5.10 Å². The molecular weight excluding hydrogens is 358 g/mol. The first-order valence-electron chi connectivity index (χ1n) is 9.48. The van der Waals surface area contributed by atoms with Gasteiger partial charge in [0, 0.05) is 31.1 Å². The maximum Gasteiger partial charge on any atom is 0.328 e. The number of nitrogens with zero attached hydrogens (tertiary/aromatic N) is 4. The van der Waals surface area contributed by atoms with Gasteiger partial charge >= 0.3 is 5.97 Å². The Labute approximate surface area is 162 Å². The molecule has 2 atom stereocenters. The largest absolute Gasteiger partial charge is 0.480 e. The van der Waals surface area contributed by atoms with E-state index in [0.717, 1.165) is 24.2 Å². The van der Waals surface area contributed by atoms with E-state index in [1.807, 2.05) is 31.2 Å². The summed E-state index contributed by atoms with van der Waals surface area (Å²) in [6.07, 6.45) is 1.97. The number of hydrazone groups is 1. The summed E-state index contributed by atoms with van der Waals surface area (Å²) in [5.41, 5.74) is 2.94. The Morgan fingerprint density at radius 2 is 2.04 bits per heavy atom. The molecule has 1 aromatic heterocycles. The predicted octanol–water partition coefficient (Wildman–Crippen LogP) is 2.14. The van der Waals surface area contributed by atoms with Crippen LogP contribution in [0.15, 0.2) is 41.5 Å². The SMILES string of the molecule is Cc1cc(C2CCCN(C(=O)C3=NN(c4ccccc4)C(C(=O)O)C3)C2)n[nH]1. The number of hydrogen-bond donors (Lipinski definition) is 2. The van der Waals surface area contributed by atoms with Crippen LogP contribution in [0.2, 0.25) is 0 Å². The van der Waals surface area contributed by atoms with E-state index >= 15 is 0 Å². The van der Waals surface area contributed by atoms with E-state index in [1.54, 1.807) is 17.0 Å². The first-order chi connectivity index (χ1) is 13.5. The van der Waals surface area contributed by atoms with Gasteiger partial charge in [-0.25, -0.2) is 4.79 Å². The van der Waals surface area contributed by atoms with Gasteiger partial charge < -0.3 is 10.0 Å². The van der Waals surface area contributed by atoms with E-state index < -0.39 is 12.0 Å². The van der Waals surface area contributed by atoms with Gasteiger partial charge in [0.2, 0.25) is 0 Å². The lowest BCUT2D eigenvalue weighted by atomic mass is 9.94. The Balaban J connectivity index is 1.53. The highest BCUT2D eigenvalue weighted by Crippen LogP contribution is 2.29. The van der Waals surface area contributed by atoms with Crippen LogP contribution in [0.5, 0.6) is 0 Å². The zero-order valence-electron chi connectivity index (χ0n) is 15.7. The minimum absolute atomic E-state index is 0.103. The van der Waals surface area contributed by atoms with Gasteiger partial charge in [0.05, 0.1) is 11.4 Å². The number of para-hydroxylation sites is 1. The van der Waals surface area contributed by atoms with Crippen LogP contribution in [-0.2, 0) is 9.59 Å². The molecule has 0 spiro atoms. The summed E-state index contributed by atoms with van der Waals surface area (Å²) in [4.78, 5) is 26.6. The Bertz CT molecular complexity index is 908. The van der Waals surface area contributed by atoms with Crippen molar-refractivity contribution in [2.45, 2.75) is 38.1 Å². The van der Waals surface area contributed by atoms with Crippen molar-refractivity contribution in [3.8, 4) is 0 Å². The highest BCUT2D eigenvalue weighted by molar-refractivity contribution is 6.40. The second-order valence-corrected chi connectivity index (χ2v) is 7.35. The molecule has 2 aromatic rings. The number of likely N-dealkylation sites (tertiary alicyclic amines) is 1. The number of hydrogen-bond acceptors (Lipinski definition) is 5. The molecule has 4 rings (SSSR count). The zero-order valence-corrected chi connectivity index (χ0v) is 15.7. The number of aryl methyl sites for hydroxylation is 1. The lowest BCUT2D eigenvalue weighted by Gasteiger charge is -2.31. The van der Waals surface area contributed by atoms with Crippen molar-refractivity contribution in [3.05, 3.63) is 47.8 Å². The van der Waals surface area contributed by atoms with Crippen LogP contribution in [0.25, 0.3) is 0 Å². The van der Waals surface area contributed by atoms with Gasteiger partial charge in [-0.3, -0.25) is 14.9 Å². The smallest absolute Gasteiger partial charge is 0.328 e. The third-order valence-corrected chi connectivity index (χ3v) is 5.32. The van der Waals surface area contributed by atoms with E-state index in [4.69, 9.17) is 0 Å². The second-order valence-electron chi connectivity index (χ2n) is 7.35. The lowest BCUT2D eigenvalue weighted by molar-refractivity contribution is -0.138. The molecule has 2 aliphatic rings. The van der Waals surface area contributed by atoms with E-state index in [9.17, 15) is 14.7 Å². The molecule has 3 heterocycles. The molecule has 0 aliphatic carbocycles. The normalized spacial score (nSPS) is 22.2. The van der Waals surface area contributed by atoms with E-state index in [-0.39, 0.29) is 18.2 Å². The highest BCUT2D eigenvalue weighted by Gasteiger charge is 2.38. The summed E-state index contributed by atoms with van der Waals surface area (Å²) in [7, 11) is 0. The fraction of sp³-hybridized carbons (Fsp3) is 0.400. The van der Waals surface area contributed by atoms with Crippen LogP contribution in [0.3, 0.4) is 0 Å². The molecule has 0 bridgehead atoms. The van der Waals surface area contributed by atoms with Gasteiger partial charge in [-0.2, -0.15) is 10.2 Å². The molecule has 1 saturated heterocycles. The molecular formula is C20H23N5O3. The number of carboxylic acids is 1. The topological polar surface area (TPSA) is 102 Å². The maximum atomic E-state index is 13.1. The summed E-state index contributed by atoms with van der Waals surface area (Å²) in [6, 6.07) is 10.2. The molecule has 2 unspecified atom stereocenters. The molecule has 1 aromatic carbocycles. The number of benzene rings is 1. The van der Waals surface area contributed by atoms with Crippen LogP contribution in [0, 0.1) is 6.92 Å². The maximum absolute atomic E-state index is 13.1. The number of piperidine rings is 1. The van der Waals surface area contributed by atoms with Crippen LogP contribution in [-0.4, -0.2) is 56.9 Å². The summed E-state index contributed by atoms with van der Waals surface area (Å²) in [5.74, 6) is -0.981. The number of carbonyl (C=O) groups is 2. The van der Waals surface area contributed by atoms with Gasteiger partial charge in [0.25, 0.3) is 5.91 Å². The van der Waals surface area contributed by atoms with Crippen molar-refractivity contribution >= 4 is 23.3 Å². The van der Waals surface area contributed by atoms with Crippen LogP contribution in [0.1, 0.15) is 36.6 Å². The molecule has 0 radical (unpaired) electrons. The number of aromatic amines is 1. The summed E-state index contributed by atoms with van der Waals surface area (Å²) in [5, 5.41) is 22.7. The van der Waals surface area contributed by atoms with Crippen molar-refractivity contribution in [1.82, 2.24) is 15.1 Å². The van der Waals surface area contributed by atoms with Gasteiger partial charge in [0.1, 0.15) is 5.71 Å². The second kappa shape index (κ2) is 7.46. The number of rotatable bonds is 4. The van der Waals surface area contributed by atoms with E-state index in [0.29, 0.717) is 24.5 Å². The van der Waals surface area contributed by atoms with Gasteiger partial charge in [-0.15, -0.1) is 0 Å². The summed E-state index contributed by atoms with van der Waals surface area (Å²) >= 11 is 0. The summed E-state index contributed by atoms with van der Waals surface area (Å²) in [6.45, 7) is 3.19. The number of aromatic nitrogens is 2. The monoisotopic (exact) mass is 381 g/mol. The minimum Gasteiger partial charge on any atom is -0.480 e. The van der Waals surface area contributed by atoms with Crippen molar-refractivity contribution in [2.75, 3.05) is 18.1 Å². The van der Waals surface area contributed by atoms with Crippen LogP contribution < -0.4 is 5.01 Å². The van der Waals surface area contributed by atoms with E-state index in [2.05, 4.69) is 15.3 Å². The third-order valence-electron chi connectivity index (χ3n) is 5.32. The fourth-order valence-corrected chi connectivity index (χ4v) is 3.88. The molecule has 1 fully saturated rings. The first kappa shape index (κ1) is 18.2. The number of anilines is 1. The highest BCUT2D eigenvalue weighted by atomic mass is 16.4. The number of carbonyl (C=O) groups excluding carboxylic acids is 1. The zero-order chi connectivity index (χ0) is 19.7. The quantitative estimate of drug-likeness (QED) is 0.845. The molecule has 2 N–H and O–H groups in total. The molecule has 0 saturated carbocycles. The summed E-state index contributed by atoms with van der Waals surface area (Å²) < 4.78 is 0. The predicted molar refractivity (Wildman–Crippen MR) is 104 cm³/mol. The van der Waals surface area contributed by atoms with Crippen LogP contribution in [0.4, 0.5) is 5.69 Å².